The Bertz CT molecular complexity index is 375. The molecule has 0 N–H and O–H groups in total. The highest BCUT2D eigenvalue weighted by Crippen LogP contribution is 2.30. The Hall–Kier alpha value is -0.900. The number of aldehydes is 1. The SMILES string of the molecule is O=Cc1cc(OC2CC2)cc(Br)c1F. The Balaban J connectivity index is 2.31. The van der Waals surface area contributed by atoms with Crippen LogP contribution in [0.25, 0.3) is 0 Å². The van der Waals surface area contributed by atoms with Gasteiger partial charge in [0.05, 0.1) is 16.1 Å². The van der Waals surface area contributed by atoms with E-state index in [1.54, 1.807) is 6.07 Å². The first-order chi connectivity index (χ1) is 6.70. The average Bonchev–Trinajstić information content (AvgIpc) is 2.95. The topological polar surface area (TPSA) is 26.3 Å². The van der Waals surface area contributed by atoms with Crippen LogP contribution in [0.1, 0.15) is 23.2 Å². The second-order valence-electron chi connectivity index (χ2n) is 3.24. The molecule has 1 fully saturated rings. The lowest BCUT2D eigenvalue weighted by atomic mass is 10.2. The summed E-state index contributed by atoms with van der Waals surface area (Å²) in [6, 6.07) is 2.96. The van der Waals surface area contributed by atoms with Crippen LogP contribution in [0.2, 0.25) is 0 Å². The van der Waals surface area contributed by atoms with E-state index in [9.17, 15) is 9.18 Å². The molecule has 2 rings (SSSR count). The van der Waals surface area contributed by atoms with Crippen molar-refractivity contribution in [3.05, 3.63) is 28.0 Å². The van der Waals surface area contributed by atoms with Crippen molar-refractivity contribution in [2.24, 2.45) is 0 Å². The van der Waals surface area contributed by atoms with Gasteiger partial charge in [-0.15, -0.1) is 0 Å². The number of rotatable bonds is 3. The van der Waals surface area contributed by atoms with Gasteiger partial charge in [-0.25, -0.2) is 4.39 Å². The summed E-state index contributed by atoms with van der Waals surface area (Å²) in [5, 5.41) is 0. The van der Waals surface area contributed by atoms with Gasteiger partial charge in [0.2, 0.25) is 0 Å². The summed E-state index contributed by atoms with van der Waals surface area (Å²) in [7, 11) is 0. The van der Waals surface area contributed by atoms with Gasteiger partial charge in [-0.05, 0) is 40.9 Å². The van der Waals surface area contributed by atoms with E-state index >= 15 is 0 Å². The summed E-state index contributed by atoms with van der Waals surface area (Å²) in [6.45, 7) is 0. The molecule has 0 spiro atoms. The molecular weight excluding hydrogens is 251 g/mol. The molecule has 0 aromatic heterocycles. The van der Waals surface area contributed by atoms with Gasteiger partial charge >= 0.3 is 0 Å². The summed E-state index contributed by atoms with van der Waals surface area (Å²) >= 11 is 3.03. The van der Waals surface area contributed by atoms with Gasteiger partial charge in [0, 0.05) is 0 Å². The average molecular weight is 259 g/mol. The third kappa shape index (κ3) is 1.95. The second-order valence-corrected chi connectivity index (χ2v) is 4.10. The zero-order valence-electron chi connectivity index (χ0n) is 7.30. The number of ether oxygens (including phenoxy) is 1. The molecular formula is C10H8BrFO2. The van der Waals surface area contributed by atoms with Crippen molar-refractivity contribution in [1.29, 1.82) is 0 Å². The minimum absolute atomic E-state index is 0.0232. The third-order valence-corrected chi connectivity index (χ3v) is 2.56. The lowest BCUT2D eigenvalue weighted by molar-refractivity contribution is 0.111. The quantitative estimate of drug-likeness (QED) is 0.780. The standard InChI is InChI=1S/C10H8BrFO2/c11-9-4-8(14-7-1-2-7)3-6(5-13)10(9)12/h3-5,7H,1-2H2. The van der Waals surface area contributed by atoms with Crippen LogP contribution in [0.4, 0.5) is 4.39 Å². The van der Waals surface area contributed by atoms with Gasteiger partial charge in [-0.1, -0.05) is 0 Å². The van der Waals surface area contributed by atoms with Gasteiger partial charge in [-0.3, -0.25) is 4.79 Å². The number of carbonyl (C=O) groups is 1. The number of carbonyl (C=O) groups excluding carboxylic acids is 1. The van der Waals surface area contributed by atoms with Crippen molar-refractivity contribution in [3.63, 3.8) is 0 Å². The molecule has 0 bridgehead atoms. The Morgan fingerprint density at radius 2 is 2.21 bits per heavy atom. The Kier molecular flexibility index (Phi) is 2.54. The normalized spacial score (nSPS) is 15.3. The van der Waals surface area contributed by atoms with Crippen LogP contribution in [0.15, 0.2) is 16.6 Å². The summed E-state index contributed by atoms with van der Waals surface area (Å²) in [4.78, 5) is 10.5. The van der Waals surface area contributed by atoms with Crippen molar-refractivity contribution in [2.45, 2.75) is 18.9 Å². The minimum Gasteiger partial charge on any atom is -0.490 e. The molecule has 0 atom stereocenters. The number of benzene rings is 1. The van der Waals surface area contributed by atoms with Crippen LogP contribution < -0.4 is 4.74 Å². The first kappa shape index (κ1) is 9.65. The van der Waals surface area contributed by atoms with Crippen LogP contribution in [-0.2, 0) is 0 Å². The van der Waals surface area contributed by atoms with E-state index in [4.69, 9.17) is 4.74 Å². The molecule has 0 unspecified atom stereocenters. The van der Waals surface area contributed by atoms with Crippen LogP contribution in [-0.4, -0.2) is 12.4 Å². The number of halogens is 2. The molecule has 1 aliphatic carbocycles. The van der Waals surface area contributed by atoms with Crippen LogP contribution in [0.3, 0.4) is 0 Å². The van der Waals surface area contributed by atoms with Crippen LogP contribution in [0, 0.1) is 5.82 Å². The van der Waals surface area contributed by atoms with Crippen molar-refractivity contribution < 1.29 is 13.9 Å². The van der Waals surface area contributed by atoms with E-state index in [1.165, 1.54) is 6.07 Å². The smallest absolute Gasteiger partial charge is 0.153 e. The van der Waals surface area contributed by atoms with E-state index in [0.29, 0.717) is 12.0 Å². The van der Waals surface area contributed by atoms with E-state index in [0.717, 1.165) is 12.8 Å². The fraction of sp³-hybridized carbons (Fsp3) is 0.300. The van der Waals surface area contributed by atoms with Crippen molar-refractivity contribution in [1.82, 2.24) is 0 Å². The van der Waals surface area contributed by atoms with Crippen molar-refractivity contribution in [3.8, 4) is 5.75 Å². The van der Waals surface area contributed by atoms with Gasteiger partial charge in [0.15, 0.2) is 6.29 Å². The Morgan fingerprint density at radius 3 is 2.79 bits per heavy atom. The van der Waals surface area contributed by atoms with Crippen molar-refractivity contribution in [2.75, 3.05) is 0 Å². The maximum Gasteiger partial charge on any atom is 0.153 e. The highest BCUT2D eigenvalue weighted by Gasteiger charge is 2.24. The molecule has 1 aromatic rings. The minimum atomic E-state index is -0.539. The summed E-state index contributed by atoms with van der Waals surface area (Å²) in [6.07, 6.45) is 2.79. The van der Waals surface area contributed by atoms with Crippen LogP contribution in [0.5, 0.6) is 5.75 Å². The summed E-state index contributed by atoms with van der Waals surface area (Å²) < 4.78 is 18.9. The van der Waals surface area contributed by atoms with Gasteiger partial charge in [-0.2, -0.15) is 0 Å². The molecule has 2 nitrogen and oxygen atoms in total. The van der Waals surface area contributed by atoms with E-state index in [2.05, 4.69) is 15.9 Å². The molecule has 0 radical (unpaired) electrons. The first-order valence-corrected chi connectivity index (χ1v) is 5.11. The van der Waals surface area contributed by atoms with E-state index in [1.807, 2.05) is 0 Å². The zero-order chi connectivity index (χ0) is 10.1. The highest BCUT2D eigenvalue weighted by molar-refractivity contribution is 9.10. The zero-order valence-corrected chi connectivity index (χ0v) is 8.88. The molecule has 1 aromatic carbocycles. The predicted octanol–water partition coefficient (Wildman–Crippen LogP) is 2.94. The van der Waals surface area contributed by atoms with E-state index < -0.39 is 5.82 Å². The molecule has 4 heteroatoms. The lowest BCUT2D eigenvalue weighted by Gasteiger charge is -2.06. The Morgan fingerprint density at radius 1 is 1.50 bits per heavy atom. The number of hydrogen-bond donors (Lipinski definition) is 0. The predicted molar refractivity (Wildman–Crippen MR) is 53.1 cm³/mol. The van der Waals surface area contributed by atoms with Gasteiger partial charge < -0.3 is 4.74 Å². The molecule has 0 amide bonds. The molecule has 74 valence electrons. The molecule has 0 heterocycles. The molecule has 1 aliphatic rings. The fourth-order valence-electron chi connectivity index (χ4n) is 1.12. The summed E-state index contributed by atoms with van der Waals surface area (Å²) in [5.41, 5.74) is 0.0232. The van der Waals surface area contributed by atoms with Crippen LogP contribution >= 0.6 is 15.9 Å². The molecule has 0 aliphatic heterocycles. The monoisotopic (exact) mass is 258 g/mol. The second kappa shape index (κ2) is 3.69. The maximum atomic E-state index is 13.2. The summed E-state index contributed by atoms with van der Waals surface area (Å²) in [5.74, 6) is 0.00558. The lowest BCUT2D eigenvalue weighted by Crippen LogP contribution is -1.98. The molecule has 1 saturated carbocycles. The highest BCUT2D eigenvalue weighted by atomic mass is 79.9. The molecule has 0 saturated heterocycles. The third-order valence-electron chi connectivity index (χ3n) is 1.98. The number of hydrogen-bond acceptors (Lipinski definition) is 2. The maximum absolute atomic E-state index is 13.2. The largest absolute Gasteiger partial charge is 0.490 e. The van der Waals surface area contributed by atoms with Gasteiger partial charge in [0.25, 0.3) is 0 Å². The molecule has 14 heavy (non-hydrogen) atoms. The van der Waals surface area contributed by atoms with Crippen molar-refractivity contribution >= 4 is 22.2 Å². The fourth-order valence-corrected chi connectivity index (χ4v) is 1.57. The first-order valence-electron chi connectivity index (χ1n) is 4.31. The van der Waals surface area contributed by atoms with Gasteiger partial charge in [0.1, 0.15) is 11.6 Å². The van der Waals surface area contributed by atoms with E-state index in [-0.39, 0.29) is 16.1 Å². The Labute approximate surface area is 89.2 Å².